The Balaban J connectivity index is 1.76. The van der Waals surface area contributed by atoms with Crippen LogP contribution in [0.2, 0.25) is 0 Å². The summed E-state index contributed by atoms with van der Waals surface area (Å²) in [5.41, 5.74) is 2.56. The van der Waals surface area contributed by atoms with Gasteiger partial charge in [-0.3, -0.25) is 19.8 Å². The van der Waals surface area contributed by atoms with Crippen molar-refractivity contribution in [1.29, 1.82) is 0 Å². The van der Waals surface area contributed by atoms with Crippen LogP contribution >= 0.6 is 0 Å². The minimum Gasteiger partial charge on any atom is -0.361 e. The van der Waals surface area contributed by atoms with E-state index in [0.717, 1.165) is 11.4 Å². The number of nitrogens with zero attached hydrogens (tertiary/aromatic N) is 2. The standard InChI is InChI=1S/C22H17N3O3/c26-22-18-11-5-6-12-19(18)23-21(24(22)17-9-2-1-3-10-17)15-14-16-8-4-7-13-20(16)25(27)28/h1-15,21,23H/b15-14+/t21-/m0/s1. The number of hydrogen-bond acceptors (Lipinski definition) is 4. The molecular weight excluding hydrogens is 354 g/mol. The average Bonchev–Trinajstić information content (AvgIpc) is 2.73. The van der Waals surface area contributed by atoms with Gasteiger partial charge >= 0.3 is 0 Å². The highest BCUT2D eigenvalue weighted by Crippen LogP contribution is 2.30. The molecule has 1 atom stereocenters. The molecule has 0 unspecified atom stereocenters. The van der Waals surface area contributed by atoms with Crippen molar-refractivity contribution in [2.45, 2.75) is 6.17 Å². The molecule has 6 nitrogen and oxygen atoms in total. The molecule has 6 heteroatoms. The summed E-state index contributed by atoms with van der Waals surface area (Å²) in [5, 5.41) is 14.6. The summed E-state index contributed by atoms with van der Waals surface area (Å²) in [7, 11) is 0. The fourth-order valence-corrected chi connectivity index (χ4v) is 3.27. The molecule has 4 rings (SSSR count). The molecule has 1 aliphatic heterocycles. The molecule has 28 heavy (non-hydrogen) atoms. The largest absolute Gasteiger partial charge is 0.361 e. The van der Waals surface area contributed by atoms with E-state index in [1.807, 2.05) is 48.5 Å². The molecule has 0 spiro atoms. The van der Waals surface area contributed by atoms with Crippen molar-refractivity contribution in [1.82, 2.24) is 0 Å². The van der Waals surface area contributed by atoms with Crippen LogP contribution in [0.1, 0.15) is 15.9 Å². The van der Waals surface area contributed by atoms with E-state index in [4.69, 9.17) is 0 Å². The molecule has 0 fully saturated rings. The number of rotatable bonds is 4. The predicted octanol–water partition coefficient (Wildman–Crippen LogP) is 4.71. The molecule has 1 aliphatic rings. The maximum Gasteiger partial charge on any atom is 0.276 e. The molecule has 1 heterocycles. The third kappa shape index (κ3) is 3.23. The smallest absolute Gasteiger partial charge is 0.276 e. The van der Waals surface area contributed by atoms with Gasteiger partial charge in [-0.05, 0) is 42.5 Å². The predicted molar refractivity (Wildman–Crippen MR) is 109 cm³/mol. The maximum absolute atomic E-state index is 13.2. The van der Waals surface area contributed by atoms with Crippen LogP contribution in [0, 0.1) is 10.1 Å². The zero-order valence-electron chi connectivity index (χ0n) is 14.9. The number of nitrogens with one attached hydrogen (secondary N) is 1. The molecular formula is C22H17N3O3. The summed E-state index contributed by atoms with van der Waals surface area (Å²) in [6.45, 7) is 0. The van der Waals surface area contributed by atoms with Crippen molar-refractivity contribution < 1.29 is 9.72 Å². The summed E-state index contributed by atoms with van der Waals surface area (Å²) in [6.07, 6.45) is 2.96. The van der Waals surface area contributed by atoms with E-state index in [-0.39, 0.29) is 11.6 Å². The van der Waals surface area contributed by atoms with E-state index < -0.39 is 11.1 Å². The first kappa shape index (κ1) is 17.5. The second-order valence-electron chi connectivity index (χ2n) is 6.32. The van der Waals surface area contributed by atoms with Gasteiger partial charge in [0.05, 0.1) is 16.1 Å². The van der Waals surface area contributed by atoms with Crippen molar-refractivity contribution in [2.24, 2.45) is 0 Å². The number of para-hydroxylation sites is 3. The third-order valence-electron chi connectivity index (χ3n) is 4.58. The number of anilines is 2. The maximum atomic E-state index is 13.2. The lowest BCUT2D eigenvalue weighted by Crippen LogP contribution is -2.48. The zero-order valence-corrected chi connectivity index (χ0v) is 14.9. The van der Waals surface area contributed by atoms with E-state index in [9.17, 15) is 14.9 Å². The number of fused-ring (bicyclic) bond motifs is 1. The first-order valence-electron chi connectivity index (χ1n) is 8.81. The quantitative estimate of drug-likeness (QED) is 0.532. The zero-order chi connectivity index (χ0) is 19.5. The van der Waals surface area contributed by atoms with Crippen LogP contribution in [0.15, 0.2) is 84.9 Å². The van der Waals surface area contributed by atoms with Gasteiger partial charge in [0.2, 0.25) is 0 Å². The van der Waals surface area contributed by atoms with E-state index >= 15 is 0 Å². The number of carbonyl (C=O) groups is 1. The molecule has 0 aromatic heterocycles. The van der Waals surface area contributed by atoms with Crippen molar-refractivity contribution in [3.05, 3.63) is 106 Å². The minimum absolute atomic E-state index is 0.0209. The third-order valence-corrected chi connectivity index (χ3v) is 4.58. The van der Waals surface area contributed by atoms with Crippen LogP contribution in [-0.4, -0.2) is 17.0 Å². The lowest BCUT2D eigenvalue weighted by atomic mass is 10.1. The average molecular weight is 371 g/mol. The van der Waals surface area contributed by atoms with Gasteiger partial charge in [0.15, 0.2) is 0 Å². The molecule has 0 radical (unpaired) electrons. The van der Waals surface area contributed by atoms with Crippen LogP contribution in [0.25, 0.3) is 6.08 Å². The Labute approximate surface area is 161 Å². The molecule has 1 N–H and O–H groups in total. The molecule has 0 saturated heterocycles. The molecule has 138 valence electrons. The van der Waals surface area contributed by atoms with Gasteiger partial charge in [0.25, 0.3) is 11.6 Å². The Kier molecular flexibility index (Phi) is 4.60. The molecule has 3 aromatic rings. The highest BCUT2D eigenvalue weighted by molar-refractivity contribution is 6.12. The number of nitro benzene ring substituents is 1. The normalized spacial score (nSPS) is 15.9. The highest BCUT2D eigenvalue weighted by atomic mass is 16.6. The molecule has 0 bridgehead atoms. The summed E-state index contributed by atoms with van der Waals surface area (Å²) < 4.78 is 0. The van der Waals surface area contributed by atoms with Gasteiger partial charge < -0.3 is 5.32 Å². The number of amides is 1. The van der Waals surface area contributed by atoms with Crippen molar-refractivity contribution in [3.8, 4) is 0 Å². The highest BCUT2D eigenvalue weighted by Gasteiger charge is 2.31. The molecule has 0 saturated carbocycles. The number of carbonyl (C=O) groups excluding carboxylic acids is 1. The summed E-state index contributed by atoms with van der Waals surface area (Å²) in [6, 6.07) is 23.2. The van der Waals surface area contributed by atoms with Crippen molar-refractivity contribution >= 4 is 29.0 Å². The Hall–Kier alpha value is -3.93. The second kappa shape index (κ2) is 7.36. The minimum atomic E-state index is -0.482. The van der Waals surface area contributed by atoms with Gasteiger partial charge in [0.1, 0.15) is 6.17 Å². The van der Waals surface area contributed by atoms with Gasteiger partial charge in [-0.15, -0.1) is 0 Å². The lowest BCUT2D eigenvalue weighted by molar-refractivity contribution is -0.385. The van der Waals surface area contributed by atoms with Crippen LogP contribution in [0.4, 0.5) is 17.1 Å². The van der Waals surface area contributed by atoms with Gasteiger partial charge in [0, 0.05) is 17.4 Å². The number of hydrogen-bond donors (Lipinski definition) is 1. The van der Waals surface area contributed by atoms with Crippen LogP contribution < -0.4 is 10.2 Å². The summed E-state index contributed by atoms with van der Waals surface area (Å²) in [4.78, 5) is 25.7. The van der Waals surface area contributed by atoms with Gasteiger partial charge in [-0.25, -0.2) is 0 Å². The van der Waals surface area contributed by atoms with E-state index in [1.165, 1.54) is 6.07 Å². The van der Waals surface area contributed by atoms with Crippen LogP contribution in [-0.2, 0) is 0 Å². The summed E-state index contributed by atoms with van der Waals surface area (Å²) >= 11 is 0. The second-order valence-corrected chi connectivity index (χ2v) is 6.32. The SMILES string of the molecule is O=C1c2ccccc2N[C@H](/C=C/c2ccccc2[N+](=O)[O-])N1c1ccccc1. The first-order valence-corrected chi connectivity index (χ1v) is 8.81. The van der Waals surface area contributed by atoms with Gasteiger partial charge in [-0.1, -0.05) is 42.5 Å². The molecule has 0 aliphatic carbocycles. The van der Waals surface area contributed by atoms with Gasteiger partial charge in [-0.2, -0.15) is 0 Å². The van der Waals surface area contributed by atoms with E-state index in [0.29, 0.717) is 11.1 Å². The number of nitro groups is 1. The summed E-state index contributed by atoms with van der Waals surface area (Å²) in [5.74, 6) is -0.127. The monoisotopic (exact) mass is 371 g/mol. The van der Waals surface area contributed by atoms with Crippen molar-refractivity contribution in [2.75, 3.05) is 10.2 Å². The Morgan fingerprint density at radius 1 is 0.929 bits per heavy atom. The lowest BCUT2D eigenvalue weighted by Gasteiger charge is -2.36. The Morgan fingerprint density at radius 2 is 1.61 bits per heavy atom. The van der Waals surface area contributed by atoms with Crippen LogP contribution in [0.3, 0.4) is 0 Å². The van der Waals surface area contributed by atoms with E-state index in [2.05, 4.69) is 5.32 Å². The Morgan fingerprint density at radius 3 is 2.39 bits per heavy atom. The first-order chi connectivity index (χ1) is 13.6. The van der Waals surface area contributed by atoms with E-state index in [1.54, 1.807) is 41.3 Å². The number of benzene rings is 3. The molecule has 1 amide bonds. The Bertz CT molecular complexity index is 1060. The topological polar surface area (TPSA) is 75.5 Å². The molecule has 3 aromatic carbocycles. The fourth-order valence-electron chi connectivity index (χ4n) is 3.27. The van der Waals surface area contributed by atoms with Crippen LogP contribution in [0.5, 0.6) is 0 Å². The fraction of sp³-hybridized carbons (Fsp3) is 0.0455. The van der Waals surface area contributed by atoms with Crippen molar-refractivity contribution in [3.63, 3.8) is 0 Å².